The first-order valence-electron chi connectivity index (χ1n) is 7.45. The van der Waals surface area contributed by atoms with E-state index in [9.17, 15) is 19.2 Å². The lowest BCUT2D eigenvalue weighted by atomic mass is 10.2. The molecule has 0 saturated carbocycles. The number of carboxylic acids is 1. The first kappa shape index (κ1) is 17.1. The second kappa shape index (κ2) is 6.31. The number of carbonyl (C=O) groups excluding carboxylic acids is 1. The molecule has 0 aliphatic carbocycles. The molecule has 0 fully saturated rings. The zero-order valence-electron chi connectivity index (χ0n) is 13.9. The lowest BCUT2D eigenvalue weighted by Crippen LogP contribution is -2.37. The van der Waals surface area contributed by atoms with E-state index in [1.807, 2.05) is 0 Å². The largest absolute Gasteiger partial charge is 0.478 e. The summed E-state index contributed by atoms with van der Waals surface area (Å²) >= 11 is 0. The van der Waals surface area contributed by atoms with Crippen LogP contribution in [-0.2, 0) is 25.4 Å². The van der Waals surface area contributed by atoms with Crippen molar-refractivity contribution in [1.82, 2.24) is 18.7 Å². The Morgan fingerprint density at radius 2 is 1.85 bits per heavy atom. The molecule has 0 aliphatic heterocycles. The monoisotopic (exact) mass is 358 g/mol. The van der Waals surface area contributed by atoms with Crippen LogP contribution in [-0.4, -0.2) is 35.7 Å². The van der Waals surface area contributed by atoms with Crippen LogP contribution in [0.2, 0.25) is 0 Å². The van der Waals surface area contributed by atoms with Gasteiger partial charge in [0.25, 0.3) is 5.56 Å². The molecular weight excluding hydrogens is 344 g/mol. The number of aromatic nitrogens is 4. The van der Waals surface area contributed by atoms with E-state index in [0.717, 1.165) is 4.57 Å². The van der Waals surface area contributed by atoms with Crippen LogP contribution in [0.5, 0.6) is 5.75 Å². The van der Waals surface area contributed by atoms with E-state index in [-0.39, 0.29) is 29.0 Å². The number of rotatable bonds is 4. The summed E-state index contributed by atoms with van der Waals surface area (Å²) in [5.74, 6) is -2.12. The Kier molecular flexibility index (Phi) is 4.16. The smallest absolute Gasteiger partial charge is 0.339 e. The van der Waals surface area contributed by atoms with E-state index in [2.05, 4.69) is 4.98 Å². The van der Waals surface area contributed by atoms with Gasteiger partial charge in [0.15, 0.2) is 11.2 Å². The number of hydrogen-bond donors (Lipinski definition) is 1. The highest BCUT2D eigenvalue weighted by molar-refractivity contribution is 5.92. The number of aromatic carboxylic acids is 1. The number of para-hydroxylation sites is 1. The number of fused-ring (bicyclic) bond motifs is 1. The van der Waals surface area contributed by atoms with Gasteiger partial charge in [-0.3, -0.25) is 13.9 Å². The predicted molar refractivity (Wildman–Crippen MR) is 89.3 cm³/mol. The fraction of sp³-hybridized carbons (Fsp3) is 0.188. The highest BCUT2D eigenvalue weighted by Gasteiger charge is 2.18. The van der Waals surface area contributed by atoms with Crippen LogP contribution >= 0.6 is 0 Å². The Bertz CT molecular complexity index is 1150. The molecule has 3 rings (SSSR count). The predicted octanol–water partition coefficient (Wildman–Crippen LogP) is -0.263. The number of carbonyl (C=O) groups is 2. The van der Waals surface area contributed by atoms with Crippen molar-refractivity contribution in [1.29, 1.82) is 0 Å². The molecule has 134 valence electrons. The minimum absolute atomic E-state index is 0.0677. The molecule has 10 nitrogen and oxygen atoms in total. The molecule has 0 bridgehead atoms. The van der Waals surface area contributed by atoms with Crippen LogP contribution in [0.25, 0.3) is 11.2 Å². The van der Waals surface area contributed by atoms with Gasteiger partial charge < -0.3 is 14.4 Å². The summed E-state index contributed by atoms with van der Waals surface area (Å²) < 4.78 is 8.46. The molecule has 0 spiro atoms. The van der Waals surface area contributed by atoms with E-state index >= 15 is 0 Å². The van der Waals surface area contributed by atoms with Crippen LogP contribution in [0.1, 0.15) is 10.4 Å². The molecule has 3 aromatic rings. The van der Waals surface area contributed by atoms with Crippen molar-refractivity contribution in [3.63, 3.8) is 0 Å². The second-order valence-corrected chi connectivity index (χ2v) is 5.53. The normalized spacial score (nSPS) is 10.8. The molecule has 10 heteroatoms. The second-order valence-electron chi connectivity index (χ2n) is 5.53. The lowest BCUT2D eigenvalue weighted by Gasteiger charge is -2.08. The van der Waals surface area contributed by atoms with E-state index < -0.39 is 23.2 Å². The zero-order valence-corrected chi connectivity index (χ0v) is 13.9. The first-order chi connectivity index (χ1) is 12.3. The maximum absolute atomic E-state index is 12.3. The van der Waals surface area contributed by atoms with Crippen LogP contribution in [0.3, 0.4) is 0 Å². The molecule has 0 radical (unpaired) electrons. The maximum Gasteiger partial charge on any atom is 0.339 e. The zero-order chi connectivity index (χ0) is 19.0. The summed E-state index contributed by atoms with van der Waals surface area (Å²) in [6.45, 7) is -0.377. The minimum Gasteiger partial charge on any atom is -0.478 e. The molecule has 0 unspecified atom stereocenters. The Balaban J connectivity index is 1.96. The topological polar surface area (TPSA) is 125 Å². The third kappa shape index (κ3) is 2.77. The van der Waals surface area contributed by atoms with Crippen molar-refractivity contribution in [2.45, 2.75) is 6.54 Å². The van der Waals surface area contributed by atoms with E-state index in [1.54, 1.807) is 0 Å². The summed E-state index contributed by atoms with van der Waals surface area (Å²) in [4.78, 5) is 51.6. The molecule has 26 heavy (non-hydrogen) atoms. The third-order valence-corrected chi connectivity index (χ3v) is 3.86. The van der Waals surface area contributed by atoms with Gasteiger partial charge in [0, 0.05) is 14.1 Å². The molecule has 0 aliphatic rings. The SMILES string of the molecule is Cn1c(=O)c2c(ncn2CC(=O)Oc2ccccc2C(=O)O)n(C)c1=O. The van der Waals surface area contributed by atoms with Gasteiger partial charge >= 0.3 is 17.6 Å². The Morgan fingerprint density at radius 1 is 1.15 bits per heavy atom. The van der Waals surface area contributed by atoms with Gasteiger partial charge in [-0.15, -0.1) is 0 Å². The summed E-state index contributed by atoms with van der Waals surface area (Å²) in [7, 11) is 2.78. The maximum atomic E-state index is 12.3. The Labute approximate surface area is 145 Å². The van der Waals surface area contributed by atoms with Crippen molar-refractivity contribution < 1.29 is 19.4 Å². The van der Waals surface area contributed by atoms with Gasteiger partial charge in [-0.2, -0.15) is 0 Å². The third-order valence-electron chi connectivity index (χ3n) is 3.86. The van der Waals surface area contributed by atoms with Gasteiger partial charge in [-0.05, 0) is 12.1 Å². The minimum atomic E-state index is -1.23. The molecule has 0 amide bonds. The fourth-order valence-corrected chi connectivity index (χ4v) is 2.54. The Morgan fingerprint density at radius 3 is 2.54 bits per heavy atom. The molecule has 0 saturated heterocycles. The summed E-state index contributed by atoms with van der Waals surface area (Å²) in [5, 5.41) is 9.12. The molecule has 2 aromatic heterocycles. The Hall–Kier alpha value is -3.69. The number of esters is 1. The van der Waals surface area contributed by atoms with E-state index in [1.165, 1.54) is 53.8 Å². The number of carboxylic acid groups (broad SMARTS) is 1. The molecule has 2 heterocycles. The molecule has 1 aromatic carbocycles. The van der Waals surface area contributed by atoms with Crippen molar-refractivity contribution in [2.75, 3.05) is 0 Å². The standard InChI is InChI=1S/C16H14N4O6/c1-18-13-12(14(22)19(2)16(18)25)20(8-17-13)7-11(21)26-10-6-4-3-5-9(10)15(23)24/h3-6,8H,7H2,1-2H3,(H,23,24). The van der Waals surface area contributed by atoms with Crippen molar-refractivity contribution in [3.05, 3.63) is 57.0 Å². The average Bonchev–Trinajstić information content (AvgIpc) is 3.02. The van der Waals surface area contributed by atoms with Gasteiger partial charge in [-0.1, -0.05) is 12.1 Å². The van der Waals surface area contributed by atoms with Gasteiger partial charge in [-0.25, -0.2) is 19.4 Å². The van der Waals surface area contributed by atoms with E-state index in [4.69, 9.17) is 9.84 Å². The number of hydrogen-bond acceptors (Lipinski definition) is 6. The molecule has 0 atom stereocenters. The summed E-state index contributed by atoms with van der Waals surface area (Å²) in [6.07, 6.45) is 1.25. The van der Waals surface area contributed by atoms with Crippen molar-refractivity contribution in [3.8, 4) is 5.75 Å². The lowest BCUT2D eigenvalue weighted by molar-refractivity contribution is -0.135. The fourth-order valence-electron chi connectivity index (χ4n) is 2.54. The van der Waals surface area contributed by atoms with Crippen molar-refractivity contribution in [2.24, 2.45) is 14.1 Å². The van der Waals surface area contributed by atoms with E-state index in [0.29, 0.717) is 0 Å². The number of benzene rings is 1. The van der Waals surface area contributed by atoms with Crippen LogP contribution in [0.15, 0.2) is 40.2 Å². The van der Waals surface area contributed by atoms with Gasteiger partial charge in [0.2, 0.25) is 0 Å². The van der Waals surface area contributed by atoms with Crippen LogP contribution in [0.4, 0.5) is 0 Å². The average molecular weight is 358 g/mol. The highest BCUT2D eigenvalue weighted by atomic mass is 16.5. The van der Waals surface area contributed by atoms with Gasteiger partial charge in [0.1, 0.15) is 17.9 Å². The number of aryl methyl sites for hydroxylation is 1. The quantitative estimate of drug-likeness (QED) is 0.503. The molecule has 1 N–H and O–H groups in total. The number of ether oxygens (including phenoxy) is 1. The van der Waals surface area contributed by atoms with Crippen LogP contribution in [0, 0.1) is 0 Å². The van der Waals surface area contributed by atoms with Crippen molar-refractivity contribution >= 4 is 23.1 Å². The summed E-state index contributed by atoms with van der Waals surface area (Å²) in [5.41, 5.74) is -1.09. The molecular formula is C16H14N4O6. The number of imidazole rings is 1. The number of nitrogens with zero attached hydrogens (tertiary/aromatic N) is 4. The van der Waals surface area contributed by atoms with Gasteiger partial charge in [0.05, 0.1) is 6.33 Å². The highest BCUT2D eigenvalue weighted by Crippen LogP contribution is 2.18. The summed E-state index contributed by atoms with van der Waals surface area (Å²) in [6, 6.07) is 5.71. The first-order valence-corrected chi connectivity index (χ1v) is 7.45. The van der Waals surface area contributed by atoms with Crippen LogP contribution < -0.4 is 16.0 Å².